The van der Waals surface area contributed by atoms with Crippen LogP contribution in [0.3, 0.4) is 0 Å². The second-order valence-electron chi connectivity index (χ2n) is 3.36. The Balaban J connectivity index is 2.29. The summed E-state index contributed by atoms with van der Waals surface area (Å²) in [5.74, 6) is -2.11. The molecule has 1 aromatic rings. The van der Waals surface area contributed by atoms with Crippen LogP contribution in [0, 0.1) is 0 Å². The van der Waals surface area contributed by atoms with E-state index in [-0.39, 0.29) is 6.54 Å². The Hall–Kier alpha value is -1.67. The summed E-state index contributed by atoms with van der Waals surface area (Å²) in [5.41, 5.74) is 0. The van der Waals surface area contributed by atoms with Crippen LogP contribution in [-0.2, 0) is 14.4 Å². The van der Waals surface area contributed by atoms with Crippen molar-refractivity contribution < 1.29 is 19.5 Å². The highest BCUT2D eigenvalue weighted by Crippen LogP contribution is 2.22. The highest BCUT2D eigenvalue weighted by molar-refractivity contribution is 9.11. The van der Waals surface area contributed by atoms with E-state index >= 15 is 0 Å². The molecule has 0 fully saturated rings. The minimum Gasteiger partial charge on any atom is -0.480 e. The van der Waals surface area contributed by atoms with E-state index in [1.165, 1.54) is 17.4 Å². The first-order valence-electron chi connectivity index (χ1n) is 5.17. The molecule has 0 bridgehead atoms. The van der Waals surface area contributed by atoms with Gasteiger partial charge in [0.05, 0.1) is 10.3 Å². The van der Waals surface area contributed by atoms with Crippen LogP contribution >= 0.6 is 27.3 Å². The van der Waals surface area contributed by atoms with Gasteiger partial charge in [0, 0.05) is 11.0 Å². The number of carbonyl (C=O) groups excluding carboxylic acids is 2. The van der Waals surface area contributed by atoms with Gasteiger partial charge in [0.1, 0.15) is 6.54 Å². The molecule has 0 saturated heterocycles. The van der Waals surface area contributed by atoms with Crippen molar-refractivity contribution in [2.45, 2.75) is 0 Å². The highest BCUT2D eigenvalue weighted by atomic mass is 79.9. The smallest absolute Gasteiger partial charge is 0.322 e. The van der Waals surface area contributed by atoms with Gasteiger partial charge >= 0.3 is 5.97 Å². The van der Waals surface area contributed by atoms with Gasteiger partial charge in [-0.3, -0.25) is 14.4 Å². The fraction of sp³-hybridized carbons (Fsp3) is 0.182. The van der Waals surface area contributed by atoms with Crippen LogP contribution < -0.4 is 10.6 Å². The number of halogens is 1. The Morgan fingerprint density at radius 1 is 1.26 bits per heavy atom. The number of rotatable bonds is 6. The first kappa shape index (κ1) is 15.4. The zero-order valence-electron chi connectivity index (χ0n) is 9.68. The largest absolute Gasteiger partial charge is 0.480 e. The topological polar surface area (TPSA) is 95.5 Å². The average Bonchev–Trinajstić information content (AvgIpc) is 2.77. The van der Waals surface area contributed by atoms with Crippen LogP contribution in [0.25, 0.3) is 6.08 Å². The molecule has 0 aliphatic heterocycles. The summed E-state index contributed by atoms with van der Waals surface area (Å²) in [6.45, 7) is -0.724. The van der Waals surface area contributed by atoms with Crippen LogP contribution in [0.5, 0.6) is 0 Å². The van der Waals surface area contributed by atoms with Gasteiger partial charge in [-0.2, -0.15) is 0 Å². The van der Waals surface area contributed by atoms with E-state index in [4.69, 9.17) is 5.11 Å². The Bertz CT molecular complexity index is 513. The highest BCUT2D eigenvalue weighted by Gasteiger charge is 2.04. The maximum absolute atomic E-state index is 11.4. The Morgan fingerprint density at radius 3 is 2.58 bits per heavy atom. The molecule has 1 aromatic heterocycles. The van der Waals surface area contributed by atoms with Crippen LogP contribution in [0.15, 0.2) is 22.0 Å². The number of hydrogen-bond donors (Lipinski definition) is 3. The van der Waals surface area contributed by atoms with E-state index in [1.54, 1.807) is 6.08 Å². The maximum atomic E-state index is 11.4. The molecule has 0 aliphatic carbocycles. The fourth-order valence-electron chi connectivity index (χ4n) is 1.04. The number of nitrogens with one attached hydrogen (secondary N) is 2. The molecular formula is C11H11BrN2O4S. The van der Waals surface area contributed by atoms with Gasteiger partial charge in [0.15, 0.2) is 0 Å². The molecular weight excluding hydrogens is 336 g/mol. The second kappa shape index (κ2) is 7.70. The average molecular weight is 347 g/mol. The van der Waals surface area contributed by atoms with Crippen molar-refractivity contribution in [2.24, 2.45) is 0 Å². The first-order chi connectivity index (χ1) is 8.97. The summed E-state index contributed by atoms with van der Waals surface area (Å²) in [6, 6.07) is 3.71. The van der Waals surface area contributed by atoms with Crippen molar-refractivity contribution in [1.82, 2.24) is 10.6 Å². The predicted molar refractivity (Wildman–Crippen MR) is 74.7 cm³/mol. The van der Waals surface area contributed by atoms with Crippen LogP contribution in [-0.4, -0.2) is 36.0 Å². The molecule has 0 radical (unpaired) electrons. The van der Waals surface area contributed by atoms with Crippen molar-refractivity contribution in [2.75, 3.05) is 13.1 Å². The summed E-state index contributed by atoms with van der Waals surface area (Å²) in [7, 11) is 0. The summed E-state index contributed by atoms with van der Waals surface area (Å²) >= 11 is 4.77. The number of aliphatic carboxylic acids is 1. The molecule has 0 aliphatic rings. The lowest BCUT2D eigenvalue weighted by Crippen LogP contribution is -2.38. The normalized spacial score (nSPS) is 10.4. The minimum absolute atomic E-state index is 0.259. The number of carbonyl (C=O) groups is 3. The standard InChI is InChI=1S/C11H11BrN2O4S/c12-8-3-1-7(19-8)2-4-9(15)13-5-10(16)14-6-11(17)18/h1-4H,5-6H2,(H,13,15)(H,14,16)(H,17,18)/b4-2+. The molecule has 0 spiro atoms. The van der Waals surface area contributed by atoms with Gasteiger partial charge in [-0.05, 0) is 34.1 Å². The Labute approximate surface area is 121 Å². The van der Waals surface area contributed by atoms with Crippen molar-refractivity contribution >= 4 is 51.1 Å². The number of carboxylic acid groups (broad SMARTS) is 1. The number of amides is 2. The molecule has 3 N–H and O–H groups in total. The van der Waals surface area contributed by atoms with E-state index < -0.39 is 24.3 Å². The van der Waals surface area contributed by atoms with Gasteiger partial charge in [0.25, 0.3) is 0 Å². The number of hydrogen-bond acceptors (Lipinski definition) is 4. The Morgan fingerprint density at radius 2 is 2.00 bits per heavy atom. The van der Waals surface area contributed by atoms with Crippen molar-refractivity contribution in [3.63, 3.8) is 0 Å². The van der Waals surface area contributed by atoms with E-state index in [2.05, 4.69) is 26.6 Å². The zero-order valence-corrected chi connectivity index (χ0v) is 12.1. The Kier molecular flexibility index (Phi) is 6.23. The molecule has 0 aromatic carbocycles. The van der Waals surface area contributed by atoms with E-state index in [0.717, 1.165) is 8.66 Å². The lowest BCUT2D eigenvalue weighted by molar-refractivity contribution is -0.137. The van der Waals surface area contributed by atoms with Gasteiger partial charge in [0.2, 0.25) is 11.8 Å². The van der Waals surface area contributed by atoms with Gasteiger partial charge in [-0.25, -0.2) is 0 Å². The molecule has 1 rings (SSSR count). The van der Waals surface area contributed by atoms with E-state index in [0.29, 0.717) is 0 Å². The lowest BCUT2D eigenvalue weighted by Gasteiger charge is -2.02. The third-order valence-corrected chi connectivity index (χ3v) is 3.44. The molecule has 2 amide bonds. The molecule has 19 heavy (non-hydrogen) atoms. The monoisotopic (exact) mass is 346 g/mol. The molecule has 8 heteroatoms. The SMILES string of the molecule is O=C(O)CNC(=O)CNC(=O)/C=C/c1ccc(Br)s1. The lowest BCUT2D eigenvalue weighted by atomic mass is 10.4. The van der Waals surface area contributed by atoms with Crippen LogP contribution in [0.1, 0.15) is 4.88 Å². The quantitative estimate of drug-likeness (QED) is 0.665. The molecule has 0 unspecified atom stereocenters. The van der Waals surface area contributed by atoms with E-state index in [1.807, 2.05) is 12.1 Å². The first-order valence-corrected chi connectivity index (χ1v) is 6.78. The van der Waals surface area contributed by atoms with Crippen molar-refractivity contribution in [3.8, 4) is 0 Å². The molecule has 1 heterocycles. The zero-order chi connectivity index (χ0) is 14.3. The van der Waals surface area contributed by atoms with Crippen LogP contribution in [0.2, 0.25) is 0 Å². The van der Waals surface area contributed by atoms with Gasteiger partial charge < -0.3 is 15.7 Å². The molecule has 0 atom stereocenters. The fourth-order valence-corrected chi connectivity index (χ4v) is 2.37. The molecule has 102 valence electrons. The summed E-state index contributed by atoms with van der Waals surface area (Å²) in [4.78, 5) is 33.6. The van der Waals surface area contributed by atoms with Crippen molar-refractivity contribution in [3.05, 3.63) is 26.9 Å². The van der Waals surface area contributed by atoms with Crippen molar-refractivity contribution in [1.29, 1.82) is 0 Å². The third-order valence-electron chi connectivity index (χ3n) is 1.85. The van der Waals surface area contributed by atoms with E-state index in [9.17, 15) is 14.4 Å². The van der Waals surface area contributed by atoms with Gasteiger partial charge in [-0.1, -0.05) is 0 Å². The maximum Gasteiger partial charge on any atom is 0.322 e. The number of thiophene rings is 1. The second-order valence-corrected chi connectivity index (χ2v) is 5.86. The van der Waals surface area contributed by atoms with Crippen LogP contribution in [0.4, 0.5) is 0 Å². The minimum atomic E-state index is -1.14. The summed E-state index contributed by atoms with van der Waals surface area (Å²) in [5, 5.41) is 12.8. The number of carboxylic acids is 1. The molecule has 6 nitrogen and oxygen atoms in total. The summed E-state index contributed by atoms with van der Waals surface area (Å²) in [6.07, 6.45) is 2.93. The third kappa shape index (κ3) is 6.73. The molecule has 0 saturated carbocycles. The van der Waals surface area contributed by atoms with Gasteiger partial charge in [-0.15, -0.1) is 11.3 Å². The predicted octanol–water partition coefficient (Wildman–Crippen LogP) is 0.841. The summed E-state index contributed by atoms with van der Waals surface area (Å²) < 4.78 is 0.959.